The maximum Gasteiger partial charge on any atom is 0.145 e. The number of hydrogen-bond acceptors (Lipinski definition) is 3. The first-order chi connectivity index (χ1) is 6.48. The molecule has 1 aromatic carbocycles. The van der Waals surface area contributed by atoms with Crippen LogP contribution in [0, 0.1) is 0 Å². The van der Waals surface area contributed by atoms with E-state index in [9.17, 15) is 0 Å². The normalized spacial score (nSPS) is 18.6. The fourth-order valence-electron chi connectivity index (χ4n) is 1.91. The van der Waals surface area contributed by atoms with Crippen LogP contribution in [0.4, 0.5) is 11.4 Å². The summed E-state index contributed by atoms with van der Waals surface area (Å²) >= 11 is 0. The lowest BCUT2D eigenvalue weighted by atomic mass is 10.1. The van der Waals surface area contributed by atoms with E-state index < -0.39 is 0 Å². The van der Waals surface area contributed by atoms with Crippen molar-refractivity contribution < 1.29 is 4.74 Å². The number of nitrogens with two attached hydrogens (primary N) is 1. The van der Waals surface area contributed by atoms with E-state index in [1.54, 1.807) is 0 Å². The van der Waals surface area contributed by atoms with Gasteiger partial charge in [0.15, 0.2) is 0 Å². The van der Waals surface area contributed by atoms with E-state index in [1.807, 2.05) is 18.2 Å². The third kappa shape index (κ3) is 1.50. The Kier molecular flexibility index (Phi) is 1.84. The van der Waals surface area contributed by atoms with Crippen LogP contribution in [-0.4, -0.2) is 19.2 Å². The monoisotopic (exact) mass is 192 g/mol. The molecule has 3 nitrogen and oxygen atoms in total. The topological polar surface area (TPSA) is 38.5 Å². The maximum atomic E-state index is 5.85. The molecule has 0 spiro atoms. The van der Waals surface area contributed by atoms with Gasteiger partial charge in [-0.15, -0.1) is 0 Å². The molecule has 0 amide bonds. The van der Waals surface area contributed by atoms with E-state index in [2.05, 4.69) is 25.8 Å². The first-order valence-corrected chi connectivity index (χ1v) is 4.78. The Morgan fingerprint density at radius 2 is 2.14 bits per heavy atom. The summed E-state index contributed by atoms with van der Waals surface area (Å²) in [5.74, 6) is 0.878. The highest BCUT2D eigenvalue weighted by Crippen LogP contribution is 2.37. The van der Waals surface area contributed by atoms with Crippen molar-refractivity contribution in [2.24, 2.45) is 0 Å². The minimum absolute atomic E-state index is 0.143. The van der Waals surface area contributed by atoms with Gasteiger partial charge in [0.05, 0.1) is 12.2 Å². The van der Waals surface area contributed by atoms with Crippen LogP contribution in [0.3, 0.4) is 0 Å². The molecule has 1 aromatic rings. The quantitative estimate of drug-likeness (QED) is 0.638. The molecule has 3 heteroatoms. The number of benzene rings is 1. The highest BCUT2D eigenvalue weighted by molar-refractivity contribution is 5.65. The molecule has 76 valence electrons. The molecule has 0 atom stereocenters. The van der Waals surface area contributed by atoms with Crippen LogP contribution in [0.2, 0.25) is 0 Å². The molecule has 0 fully saturated rings. The molecule has 0 aliphatic carbocycles. The minimum atomic E-state index is -0.143. The number of nitrogen functional groups attached to an aromatic ring is 1. The number of anilines is 2. The van der Waals surface area contributed by atoms with Gasteiger partial charge >= 0.3 is 0 Å². The fourth-order valence-corrected chi connectivity index (χ4v) is 1.91. The van der Waals surface area contributed by atoms with E-state index in [-0.39, 0.29) is 5.60 Å². The summed E-state index contributed by atoms with van der Waals surface area (Å²) in [6.07, 6.45) is 0. The molecule has 0 saturated carbocycles. The Hall–Kier alpha value is -1.38. The van der Waals surface area contributed by atoms with Crippen molar-refractivity contribution in [2.75, 3.05) is 24.2 Å². The Balaban J connectivity index is 2.46. The molecule has 14 heavy (non-hydrogen) atoms. The highest BCUT2D eigenvalue weighted by Gasteiger charge is 2.29. The zero-order chi connectivity index (χ0) is 10.3. The molecule has 2 N–H and O–H groups in total. The van der Waals surface area contributed by atoms with Crippen molar-refractivity contribution in [3.63, 3.8) is 0 Å². The molecule has 2 rings (SSSR count). The average Bonchev–Trinajstić information content (AvgIpc) is 2.00. The third-order valence-corrected chi connectivity index (χ3v) is 2.40. The predicted octanol–water partition coefficient (Wildman–Crippen LogP) is 1.88. The fraction of sp³-hybridized carbons (Fsp3) is 0.455. The summed E-state index contributed by atoms with van der Waals surface area (Å²) in [7, 11) is 2.07. The second kappa shape index (κ2) is 2.80. The van der Waals surface area contributed by atoms with Crippen LogP contribution in [-0.2, 0) is 0 Å². The molecule has 0 radical (unpaired) electrons. The molecule has 0 unspecified atom stereocenters. The van der Waals surface area contributed by atoms with Crippen LogP contribution in [0.5, 0.6) is 5.75 Å². The van der Waals surface area contributed by atoms with Crippen molar-refractivity contribution in [3.8, 4) is 5.75 Å². The number of rotatable bonds is 0. The minimum Gasteiger partial charge on any atom is -0.484 e. The van der Waals surface area contributed by atoms with E-state index in [4.69, 9.17) is 10.5 Å². The van der Waals surface area contributed by atoms with Gasteiger partial charge < -0.3 is 15.4 Å². The summed E-state index contributed by atoms with van der Waals surface area (Å²) in [4.78, 5) is 2.19. The lowest BCUT2D eigenvalue weighted by molar-refractivity contribution is 0.107. The number of fused-ring (bicyclic) bond motifs is 1. The van der Waals surface area contributed by atoms with E-state index in [1.165, 1.54) is 0 Å². The number of ether oxygens (including phenoxy) is 1. The molecule has 0 saturated heterocycles. The SMILES string of the molecule is CN1CC(C)(C)Oc2cc(N)ccc21. The van der Waals surface area contributed by atoms with Gasteiger partial charge in [-0.05, 0) is 26.0 Å². The first-order valence-electron chi connectivity index (χ1n) is 4.78. The molecular formula is C11H16N2O. The maximum absolute atomic E-state index is 5.85. The predicted molar refractivity (Wildman–Crippen MR) is 58.8 cm³/mol. The van der Waals surface area contributed by atoms with E-state index in [0.717, 1.165) is 23.7 Å². The number of nitrogens with zero attached hydrogens (tertiary/aromatic N) is 1. The van der Waals surface area contributed by atoms with Gasteiger partial charge in [-0.1, -0.05) is 0 Å². The van der Waals surface area contributed by atoms with Gasteiger partial charge in [-0.3, -0.25) is 0 Å². The summed E-state index contributed by atoms with van der Waals surface area (Å²) in [6, 6.07) is 5.78. The number of hydrogen-bond donors (Lipinski definition) is 1. The Morgan fingerprint density at radius 1 is 1.43 bits per heavy atom. The largest absolute Gasteiger partial charge is 0.484 e. The van der Waals surface area contributed by atoms with Crippen LogP contribution in [0.15, 0.2) is 18.2 Å². The molecule has 1 aliphatic heterocycles. The summed E-state index contributed by atoms with van der Waals surface area (Å²) in [5.41, 5.74) is 7.43. The van der Waals surface area contributed by atoms with Gasteiger partial charge in [-0.25, -0.2) is 0 Å². The second-order valence-electron chi connectivity index (χ2n) is 4.44. The third-order valence-electron chi connectivity index (χ3n) is 2.40. The molecule has 1 heterocycles. The Bertz CT molecular complexity index is 360. The summed E-state index contributed by atoms with van der Waals surface area (Å²) in [5, 5.41) is 0. The smallest absolute Gasteiger partial charge is 0.145 e. The Labute approximate surface area is 84.5 Å². The van der Waals surface area contributed by atoms with Gasteiger partial charge in [0, 0.05) is 18.8 Å². The van der Waals surface area contributed by atoms with Crippen molar-refractivity contribution in [1.29, 1.82) is 0 Å². The second-order valence-corrected chi connectivity index (χ2v) is 4.44. The van der Waals surface area contributed by atoms with Gasteiger partial charge in [0.2, 0.25) is 0 Å². The van der Waals surface area contributed by atoms with Gasteiger partial charge in [0.25, 0.3) is 0 Å². The molecular weight excluding hydrogens is 176 g/mol. The molecule has 1 aliphatic rings. The van der Waals surface area contributed by atoms with Crippen molar-refractivity contribution >= 4 is 11.4 Å². The molecule has 0 bridgehead atoms. The lowest BCUT2D eigenvalue weighted by Gasteiger charge is -2.39. The summed E-state index contributed by atoms with van der Waals surface area (Å²) in [6.45, 7) is 5.05. The van der Waals surface area contributed by atoms with Gasteiger partial charge in [-0.2, -0.15) is 0 Å². The van der Waals surface area contributed by atoms with Crippen molar-refractivity contribution in [1.82, 2.24) is 0 Å². The zero-order valence-electron chi connectivity index (χ0n) is 8.87. The highest BCUT2D eigenvalue weighted by atomic mass is 16.5. The van der Waals surface area contributed by atoms with Gasteiger partial charge in [0.1, 0.15) is 11.4 Å². The lowest BCUT2D eigenvalue weighted by Crippen LogP contribution is -2.45. The van der Waals surface area contributed by atoms with Crippen molar-refractivity contribution in [3.05, 3.63) is 18.2 Å². The van der Waals surface area contributed by atoms with Crippen LogP contribution >= 0.6 is 0 Å². The number of likely N-dealkylation sites (N-methyl/N-ethyl adjacent to an activating group) is 1. The average molecular weight is 192 g/mol. The summed E-state index contributed by atoms with van der Waals surface area (Å²) < 4.78 is 5.85. The van der Waals surface area contributed by atoms with Crippen molar-refractivity contribution in [2.45, 2.75) is 19.4 Å². The first kappa shape index (κ1) is 9.19. The Morgan fingerprint density at radius 3 is 2.86 bits per heavy atom. The standard InChI is InChI=1S/C11H16N2O/c1-11(2)7-13(3)9-5-4-8(12)6-10(9)14-11/h4-6H,7,12H2,1-3H3. The van der Waals surface area contributed by atoms with Crippen LogP contribution < -0.4 is 15.4 Å². The van der Waals surface area contributed by atoms with Crippen LogP contribution in [0.1, 0.15) is 13.8 Å². The van der Waals surface area contributed by atoms with E-state index in [0.29, 0.717) is 0 Å². The van der Waals surface area contributed by atoms with E-state index >= 15 is 0 Å². The van der Waals surface area contributed by atoms with Crippen LogP contribution in [0.25, 0.3) is 0 Å². The zero-order valence-corrected chi connectivity index (χ0v) is 8.87. The molecule has 0 aromatic heterocycles.